The lowest BCUT2D eigenvalue weighted by Gasteiger charge is -2.23. The summed E-state index contributed by atoms with van der Waals surface area (Å²) in [6.45, 7) is 1.55. The third-order valence-corrected chi connectivity index (χ3v) is 8.95. The smallest absolute Gasteiger partial charge is 0.433 e. The summed E-state index contributed by atoms with van der Waals surface area (Å²) in [6.07, 6.45) is 5.25. The first-order valence-electron chi connectivity index (χ1n) is 17.1. The van der Waals surface area contributed by atoms with E-state index in [0.717, 1.165) is 0 Å². The fourth-order valence-corrected chi connectivity index (χ4v) is 6.22. The van der Waals surface area contributed by atoms with Crippen LogP contribution in [0.2, 0.25) is 0 Å². The molecule has 0 spiro atoms. The molecule has 0 aliphatic heterocycles. The molecule has 280 valence electrons. The first kappa shape index (κ1) is 38.7. The van der Waals surface area contributed by atoms with Crippen molar-refractivity contribution in [3.05, 3.63) is 93.4 Å². The number of aromatic nitrogens is 3. The molecule has 5 aromatic rings. The third kappa shape index (κ3) is 11.3. The summed E-state index contributed by atoms with van der Waals surface area (Å²) in [6, 6.07) is 16.6. The zero-order chi connectivity index (χ0) is 38.3. The SMILES string of the molecule is O=CNCCCCN(CCCNC(=O)Cc1csc(-c2ccccc2O)n1)C(=O)CCC(=O)Nc1nc(/C=C/c2ccc([N+](=O)[O-])o2)nc2ccccc12. The molecule has 5 rings (SSSR count). The number of thiazole rings is 1. The number of para-hydroxylation sites is 2. The summed E-state index contributed by atoms with van der Waals surface area (Å²) in [4.78, 5) is 75.1. The molecule has 2 aromatic carbocycles. The Labute approximate surface area is 313 Å². The molecular weight excluding hydrogens is 717 g/mol. The summed E-state index contributed by atoms with van der Waals surface area (Å²) in [5, 5.41) is 32.3. The molecule has 0 unspecified atom stereocenters. The Morgan fingerprint density at radius 2 is 1.70 bits per heavy atom. The number of hydrogen-bond acceptors (Lipinski definition) is 12. The van der Waals surface area contributed by atoms with E-state index in [4.69, 9.17) is 4.42 Å². The zero-order valence-electron chi connectivity index (χ0n) is 29.1. The summed E-state index contributed by atoms with van der Waals surface area (Å²) in [7, 11) is 0. The second kappa shape index (κ2) is 19.4. The summed E-state index contributed by atoms with van der Waals surface area (Å²) in [5.74, 6) is -0.478. The first-order valence-corrected chi connectivity index (χ1v) is 18.0. The van der Waals surface area contributed by atoms with Gasteiger partial charge in [-0.3, -0.25) is 29.3 Å². The Hall–Kier alpha value is -6.49. The number of nitro groups is 1. The highest BCUT2D eigenvalue weighted by Crippen LogP contribution is 2.31. The van der Waals surface area contributed by atoms with Gasteiger partial charge in [-0.25, -0.2) is 15.0 Å². The van der Waals surface area contributed by atoms with Crippen LogP contribution in [0, 0.1) is 10.1 Å². The van der Waals surface area contributed by atoms with Crippen molar-refractivity contribution in [2.24, 2.45) is 0 Å². The lowest BCUT2D eigenvalue weighted by molar-refractivity contribution is -0.402. The maximum absolute atomic E-state index is 13.3. The van der Waals surface area contributed by atoms with E-state index >= 15 is 0 Å². The van der Waals surface area contributed by atoms with Crippen molar-refractivity contribution in [1.82, 2.24) is 30.5 Å². The van der Waals surface area contributed by atoms with Crippen molar-refractivity contribution in [2.45, 2.75) is 38.5 Å². The van der Waals surface area contributed by atoms with E-state index in [0.29, 0.717) is 79.0 Å². The van der Waals surface area contributed by atoms with Crippen LogP contribution in [0.25, 0.3) is 33.6 Å². The molecule has 0 saturated heterocycles. The first-order chi connectivity index (χ1) is 26.2. The molecule has 3 heterocycles. The van der Waals surface area contributed by atoms with Crippen LogP contribution in [0.1, 0.15) is 49.4 Å². The fraction of sp³-hybridized carbons (Fsp3) is 0.270. The molecule has 0 radical (unpaired) electrons. The number of phenolic OH excluding ortho intramolecular Hbond substituents is 1. The van der Waals surface area contributed by atoms with Crippen LogP contribution >= 0.6 is 11.3 Å². The molecule has 54 heavy (non-hydrogen) atoms. The minimum Gasteiger partial charge on any atom is -0.507 e. The zero-order valence-corrected chi connectivity index (χ0v) is 29.9. The molecule has 4 N–H and O–H groups in total. The molecule has 0 saturated carbocycles. The van der Waals surface area contributed by atoms with Gasteiger partial charge in [-0.05, 0) is 61.7 Å². The van der Waals surface area contributed by atoms with Gasteiger partial charge in [0.25, 0.3) is 0 Å². The maximum atomic E-state index is 13.3. The predicted molar refractivity (Wildman–Crippen MR) is 202 cm³/mol. The standard InChI is InChI=1S/C37H38N8O8S/c46-24-38-18-5-6-20-44(21-7-19-39-33(49)22-25-23-54-37(40-25)28-9-2-4-11-30(28)47)34(50)16-15-32(48)43-36-27-8-1-3-10-29(27)41-31(42-36)14-12-26-13-17-35(53-26)45(51)52/h1-4,8-14,17,23-24,47H,5-7,15-16,18-22H2,(H,38,46)(H,39,49)(H,41,42,43,48)/b14-12+. The topological polar surface area (TPSA) is 223 Å². The van der Waals surface area contributed by atoms with E-state index in [-0.39, 0.29) is 54.2 Å². The Balaban J connectivity index is 1.14. The van der Waals surface area contributed by atoms with Gasteiger partial charge in [0.05, 0.1) is 29.3 Å². The number of phenols is 1. The Kier molecular flexibility index (Phi) is 13.9. The average Bonchev–Trinajstić information content (AvgIpc) is 3.84. The lowest BCUT2D eigenvalue weighted by atomic mass is 10.2. The molecule has 0 atom stereocenters. The summed E-state index contributed by atoms with van der Waals surface area (Å²) in [5.41, 5.74) is 1.73. The number of fused-ring (bicyclic) bond motifs is 1. The van der Waals surface area contributed by atoms with E-state index in [1.165, 1.54) is 35.6 Å². The Bertz CT molecular complexity index is 2130. The minimum absolute atomic E-state index is 0.0685. The van der Waals surface area contributed by atoms with E-state index in [2.05, 4.69) is 30.9 Å². The molecule has 0 aliphatic carbocycles. The van der Waals surface area contributed by atoms with Crippen LogP contribution in [0.4, 0.5) is 11.7 Å². The summed E-state index contributed by atoms with van der Waals surface area (Å²) < 4.78 is 5.15. The number of nitrogens with zero attached hydrogens (tertiary/aromatic N) is 5. The number of rotatable bonds is 20. The maximum Gasteiger partial charge on any atom is 0.433 e. The monoisotopic (exact) mass is 754 g/mol. The van der Waals surface area contributed by atoms with Gasteiger partial charge in [0.2, 0.25) is 24.1 Å². The minimum atomic E-state index is -0.642. The van der Waals surface area contributed by atoms with Crippen LogP contribution in [0.15, 0.2) is 70.5 Å². The highest BCUT2D eigenvalue weighted by molar-refractivity contribution is 7.13. The Morgan fingerprint density at radius 1 is 0.907 bits per heavy atom. The number of benzene rings is 2. The van der Waals surface area contributed by atoms with Gasteiger partial charge in [0.15, 0.2) is 5.82 Å². The number of unbranched alkanes of at least 4 members (excludes halogenated alkanes) is 1. The molecule has 4 amide bonds. The van der Waals surface area contributed by atoms with Gasteiger partial charge < -0.3 is 30.4 Å². The molecule has 3 aromatic heterocycles. The average molecular weight is 755 g/mol. The van der Waals surface area contributed by atoms with E-state index < -0.39 is 16.7 Å². The highest BCUT2D eigenvalue weighted by Gasteiger charge is 2.18. The number of nitrogens with one attached hydrogen (secondary N) is 3. The summed E-state index contributed by atoms with van der Waals surface area (Å²) >= 11 is 1.34. The number of aromatic hydroxyl groups is 1. The van der Waals surface area contributed by atoms with Crippen molar-refractivity contribution >= 4 is 70.2 Å². The van der Waals surface area contributed by atoms with Gasteiger partial charge in [0.1, 0.15) is 27.3 Å². The molecule has 0 aliphatic rings. The Morgan fingerprint density at radius 3 is 2.50 bits per heavy atom. The number of amides is 4. The van der Waals surface area contributed by atoms with Crippen molar-refractivity contribution in [1.29, 1.82) is 0 Å². The number of carbonyl (C=O) groups excluding carboxylic acids is 4. The van der Waals surface area contributed by atoms with Gasteiger partial charge >= 0.3 is 5.88 Å². The molecule has 17 heteroatoms. The predicted octanol–water partition coefficient (Wildman–Crippen LogP) is 4.95. The number of furan rings is 1. The van der Waals surface area contributed by atoms with Crippen LogP contribution in [-0.4, -0.2) is 80.2 Å². The van der Waals surface area contributed by atoms with E-state index in [1.807, 2.05) is 0 Å². The van der Waals surface area contributed by atoms with Gasteiger partial charge in [-0.1, -0.05) is 24.3 Å². The van der Waals surface area contributed by atoms with Crippen LogP contribution in [-0.2, 0) is 25.6 Å². The fourth-order valence-electron chi connectivity index (χ4n) is 5.37. The van der Waals surface area contributed by atoms with Crippen molar-refractivity contribution in [2.75, 3.05) is 31.5 Å². The van der Waals surface area contributed by atoms with Gasteiger partial charge in [0, 0.05) is 49.8 Å². The van der Waals surface area contributed by atoms with Crippen molar-refractivity contribution < 1.29 is 33.6 Å². The second-order valence-electron chi connectivity index (χ2n) is 12.0. The van der Waals surface area contributed by atoms with E-state index in [1.54, 1.807) is 58.8 Å². The molecular formula is C37H38N8O8S. The third-order valence-electron chi connectivity index (χ3n) is 8.02. The normalized spacial score (nSPS) is 11.0. The van der Waals surface area contributed by atoms with Crippen LogP contribution < -0.4 is 16.0 Å². The largest absolute Gasteiger partial charge is 0.507 e. The number of anilines is 1. The van der Waals surface area contributed by atoms with Crippen LogP contribution in [0.3, 0.4) is 0 Å². The number of hydrogen-bond donors (Lipinski definition) is 4. The van der Waals surface area contributed by atoms with E-state index in [9.17, 15) is 34.4 Å². The lowest BCUT2D eigenvalue weighted by Crippen LogP contribution is -2.36. The quantitative estimate of drug-likeness (QED) is 0.0360. The molecule has 0 bridgehead atoms. The second-order valence-corrected chi connectivity index (χ2v) is 12.8. The molecule has 16 nitrogen and oxygen atoms in total. The van der Waals surface area contributed by atoms with Gasteiger partial charge in [-0.2, -0.15) is 0 Å². The van der Waals surface area contributed by atoms with Gasteiger partial charge in [-0.15, -0.1) is 11.3 Å². The van der Waals surface area contributed by atoms with Crippen molar-refractivity contribution in [3.63, 3.8) is 0 Å². The number of carbonyl (C=O) groups is 4. The van der Waals surface area contributed by atoms with Crippen LogP contribution in [0.5, 0.6) is 5.75 Å². The molecule has 0 fully saturated rings. The highest BCUT2D eigenvalue weighted by atomic mass is 32.1. The van der Waals surface area contributed by atoms with Crippen molar-refractivity contribution in [3.8, 4) is 16.3 Å².